The number of likely N-dealkylation sites (tertiary alicyclic amines) is 1. The molecule has 2 rings (SSSR count). The monoisotopic (exact) mass is 526 g/mol. The zero-order valence-corrected chi connectivity index (χ0v) is 21.6. The molecule has 2 fully saturated rings. The Kier molecular flexibility index (Phi) is 13.2. The largest absolute Gasteiger partial charge is 0.355 e. The van der Waals surface area contributed by atoms with E-state index < -0.39 is 10.8 Å². The lowest BCUT2D eigenvalue weighted by Gasteiger charge is -2.35. The summed E-state index contributed by atoms with van der Waals surface area (Å²) in [7, 11) is 1.18. The average molecular weight is 527 g/mol. The molecule has 2 N–H and O–H groups in total. The predicted octanol–water partition coefficient (Wildman–Crippen LogP) is 3.75. The van der Waals surface area contributed by atoms with Gasteiger partial charge < -0.3 is 10.6 Å². The summed E-state index contributed by atoms with van der Waals surface area (Å²) >= 11 is 0. The lowest BCUT2D eigenvalue weighted by atomic mass is 9.93. The maximum absolute atomic E-state index is 12.2. The van der Waals surface area contributed by atoms with Gasteiger partial charge in [0.25, 0.3) is 0 Å². The van der Waals surface area contributed by atoms with Gasteiger partial charge in [0.05, 0.1) is 0 Å². The minimum Gasteiger partial charge on any atom is -0.355 e. The molecule has 0 aromatic carbocycles. The Morgan fingerprint density at radius 1 is 1.14 bits per heavy atom. The first-order valence-electron chi connectivity index (χ1n) is 11.2. The third-order valence-electron chi connectivity index (χ3n) is 6.53. The second-order valence-electron chi connectivity index (χ2n) is 8.14. The van der Waals surface area contributed by atoms with E-state index in [1.54, 1.807) is 0 Å². The van der Waals surface area contributed by atoms with Crippen LogP contribution in [0, 0.1) is 5.92 Å². The summed E-state index contributed by atoms with van der Waals surface area (Å²) in [5.74, 6) is 2.43. The normalized spacial score (nSPS) is 26.0. The molecular weight excluding hydrogens is 483 g/mol. The first-order valence-corrected chi connectivity index (χ1v) is 12.6. The van der Waals surface area contributed by atoms with Crippen LogP contribution in [0.3, 0.4) is 0 Å². The fourth-order valence-corrected chi connectivity index (χ4v) is 6.19. The van der Waals surface area contributed by atoms with E-state index >= 15 is 0 Å². The van der Waals surface area contributed by atoms with E-state index in [0.29, 0.717) is 17.3 Å². The first kappa shape index (κ1) is 26.1. The molecule has 4 atom stereocenters. The van der Waals surface area contributed by atoms with Gasteiger partial charge in [-0.1, -0.05) is 40.0 Å². The molecule has 166 valence electrons. The van der Waals surface area contributed by atoms with E-state index in [1.165, 1.54) is 38.8 Å². The number of hydrogen-bond acceptors (Lipinski definition) is 3. The van der Waals surface area contributed by atoms with Crippen LogP contribution in [0.15, 0.2) is 4.99 Å². The molecule has 1 aliphatic heterocycles. The molecule has 28 heavy (non-hydrogen) atoms. The predicted molar refractivity (Wildman–Crippen MR) is 133 cm³/mol. The molecule has 0 radical (unpaired) electrons. The standard InChI is InChI=1S/C21H42N4OS.HI/c1-5-17(6-2)20(25-13-8-9-14-25)16-23-21(22-4)24-18-11-10-12-19(15-18)27(26)7-3;/h17-20H,5-16H2,1-4H3,(H2,22,23,24);1H. The maximum Gasteiger partial charge on any atom is 0.191 e. The molecular formula is C21H43IN4OS. The fourth-order valence-electron chi connectivity index (χ4n) is 4.84. The van der Waals surface area contributed by atoms with Crippen molar-refractivity contribution in [1.82, 2.24) is 15.5 Å². The van der Waals surface area contributed by atoms with Crippen molar-refractivity contribution in [2.45, 2.75) is 89.5 Å². The molecule has 0 aromatic heterocycles. The second-order valence-corrected chi connectivity index (χ2v) is 10.1. The van der Waals surface area contributed by atoms with Crippen LogP contribution < -0.4 is 10.6 Å². The lowest BCUT2D eigenvalue weighted by Crippen LogP contribution is -2.52. The lowest BCUT2D eigenvalue weighted by molar-refractivity contribution is 0.166. The van der Waals surface area contributed by atoms with Crippen LogP contribution in [0.2, 0.25) is 0 Å². The highest BCUT2D eigenvalue weighted by Gasteiger charge is 2.29. The molecule has 5 nitrogen and oxygen atoms in total. The summed E-state index contributed by atoms with van der Waals surface area (Å²) in [5, 5.41) is 7.59. The summed E-state index contributed by atoms with van der Waals surface area (Å²) < 4.78 is 12.2. The summed E-state index contributed by atoms with van der Waals surface area (Å²) in [4.78, 5) is 7.16. The Balaban J connectivity index is 0.00000392. The van der Waals surface area contributed by atoms with Crippen molar-refractivity contribution in [2.75, 3.05) is 32.4 Å². The van der Waals surface area contributed by atoms with Crippen molar-refractivity contribution in [1.29, 1.82) is 0 Å². The number of nitrogens with one attached hydrogen (secondary N) is 2. The van der Waals surface area contributed by atoms with Crippen molar-refractivity contribution >= 4 is 40.7 Å². The zero-order chi connectivity index (χ0) is 19.6. The highest BCUT2D eigenvalue weighted by molar-refractivity contribution is 14.0. The van der Waals surface area contributed by atoms with E-state index in [9.17, 15) is 4.21 Å². The van der Waals surface area contributed by atoms with Gasteiger partial charge in [-0.3, -0.25) is 14.1 Å². The Morgan fingerprint density at radius 3 is 2.39 bits per heavy atom. The van der Waals surface area contributed by atoms with E-state index in [1.807, 2.05) is 14.0 Å². The Hall–Kier alpha value is 0.110. The average Bonchev–Trinajstić information content (AvgIpc) is 3.24. The highest BCUT2D eigenvalue weighted by atomic mass is 127. The van der Waals surface area contributed by atoms with Crippen LogP contribution in [0.25, 0.3) is 0 Å². The summed E-state index contributed by atoms with van der Waals surface area (Å²) in [6.07, 6.45) is 9.56. The number of nitrogens with zero attached hydrogens (tertiary/aromatic N) is 2. The van der Waals surface area contributed by atoms with E-state index in [-0.39, 0.29) is 24.0 Å². The van der Waals surface area contributed by atoms with Crippen molar-refractivity contribution in [3.05, 3.63) is 0 Å². The maximum atomic E-state index is 12.2. The second kappa shape index (κ2) is 14.2. The van der Waals surface area contributed by atoms with Gasteiger partial charge >= 0.3 is 0 Å². The molecule has 1 saturated heterocycles. The van der Waals surface area contributed by atoms with Gasteiger partial charge in [0, 0.05) is 47.5 Å². The molecule has 0 bridgehead atoms. The topological polar surface area (TPSA) is 56.7 Å². The van der Waals surface area contributed by atoms with Crippen LogP contribution in [0.4, 0.5) is 0 Å². The SMILES string of the molecule is CCC(CC)C(CNC(=NC)NC1CCCC(S(=O)CC)C1)N1CCCC1.I. The summed E-state index contributed by atoms with van der Waals surface area (Å²) in [5.41, 5.74) is 0. The zero-order valence-electron chi connectivity index (χ0n) is 18.4. The molecule has 0 amide bonds. The van der Waals surface area contributed by atoms with E-state index in [4.69, 9.17) is 0 Å². The number of hydrogen-bond donors (Lipinski definition) is 2. The van der Waals surface area contributed by atoms with Crippen molar-refractivity contribution in [3.8, 4) is 0 Å². The minimum atomic E-state index is -0.679. The van der Waals surface area contributed by atoms with Crippen LogP contribution in [-0.2, 0) is 10.8 Å². The van der Waals surface area contributed by atoms with Crippen LogP contribution in [0.5, 0.6) is 0 Å². The molecule has 1 aliphatic carbocycles. The highest BCUT2D eigenvalue weighted by Crippen LogP contribution is 2.24. The molecule has 4 unspecified atom stereocenters. The van der Waals surface area contributed by atoms with Gasteiger partial charge in [-0.2, -0.15) is 0 Å². The minimum absolute atomic E-state index is 0. The van der Waals surface area contributed by atoms with E-state index in [2.05, 4.69) is 34.4 Å². The Morgan fingerprint density at radius 2 is 1.82 bits per heavy atom. The first-order chi connectivity index (χ1) is 13.1. The number of halogens is 1. The number of rotatable bonds is 9. The summed E-state index contributed by atoms with van der Waals surface area (Å²) in [6, 6.07) is 0.983. The van der Waals surface area contributed by atoms with Crippen LogP contribution in [-0.4, -0.2) is 64.8 Å². The van der Waals surface area contributed by atoms with Gasteiger partial charge in [-0.15, -0.1) is 24.0 Å². The van der Waals surface area contributed by atoms with Gasteiger partial charge in [0.15, 0.2) is 5.96 Å². The fraction of sp³-hybridized carbons (Fsp3) is 0.952. The molecule has 2 aliphatic rings. The number of guanidine groups is 1. The molecule has 1 heterocycles. The van der Waals surface area contributed by atoms with Crippen molar-refractivity contribution in [2.24, 2.45) is 10.9 Å². The van der Waals surface area contributed by atoms with Crippen molar-refractivity contribution in [3.63, 3.8) is 0 Å². The Bertz CT molecular complexity index is 479. The third-order valence-corrected chi connectivity index (χ3v) is 8.27. The summed E-state index contributed by atoms with van der Waals surface area (Å²) in [6.45, 7) is 10.1. The van der Waals surface area contributed by atoms with Gasteiger partial charge in [0.1, 0.15) is 0 Å². The van der Waals surface area contributed by atoms with Gasteiger partial charge in [0.2, 0.25) is 0 Å². The molecule has 1 saturated carbocycles. The van der Waals surface area contributed by atoms with Crippen LogP contribution in [0.1, 0.15) is 72.1 Å². The molecule has 0 spiro atoms. The smallest absolute Gasteiger partial charge is 0.191 e. The third kappa shape index (κ3) is 7.74. The van der Waals surface area contributed by atoms with Gasteiger partial charge in [-0.05, 0) is 51.1 Å². The quantitative estimate of drug-likeness (QED) is 0.273. The molecule has 0 aromatic rings. The van der Waals surface area contributed by atoms with E-state index in [0.717, 1.165) is 49.9 Å². The van der Waals surface area contributed by atoms with Gasteiger partial charge in [-0.25, -0.2) is 0 Å². The Labute approximate surface area is 192 Å². The number of aliphatic imine (C=N–C) groups is 1. The van der Waals surface area contributed by atoms with Crippen molar-refractivity contribution < 1.29 is 4.21 Å². The van der Waals surface area contributed by atoms with Crippen LogP contribution >= 0.6 is 24.0 Å². The molecule has 7 heteroatoms.